The van der Waals surface area contributed by atoms with Gasteiger partial charge in [-0.05, 0) is 18.2 Å². The molecule has 0 spiro atoms. The monoisotopic (exact) mass is 402 g/mol. The Morgan fingerprint density at radius 3 is 2.86 bits per heavy atom. The number of carbonyl (C=O) groups is 1. The third kappa shape index (κ3) is 4.49. The van der Waals surface area contributed by atoms with Crippen molar-refractivity contribution in [3.05, 3.63) is 48.0 Å². The fraction of sp³-hybridized carbons (Fsp3) is 0.235. The van der Waals surface area contributed by atoms with Gasteiger partial charge in [0.05, 0.1) is 33.4 Å². The molecule has 0 unspecified atom stereocenters. The van der Waals surface area contributed by atoms with Gasteiger partial charge in [0.25, 0.3) is 0 Å². The number of hydrogen-bond acceptors (Lipinski definition) is 9. The lowest BCUT2D eigenvalue weighted by atomic mass is 10.2. The number of thioether (sulfide) groups is 1. The lowest BCUT2D eigenvalue weighted by Crippen LogP contribution is -2.04. The van der Waals surface area contributed by atoms with E-state index in [2.05, 4.69) is 25.1 Å². The highest BCUT2D eigenvalue weighted by Gasteiger charge is 2.10. The zero-order valence-electron chi connectivity index (χ0n) is 15.5. The van der Waals surface area contributed by atoms with Gasteiger partial charge < -0.3 is 14.2 Å². The van der Waals surface area contributed by atoms with Crippen molar-refractivity contribution < 1.29 is 19.0 Å². The third-order valence-corrected chi connectivity index (χ3v) is 4.54. The van der Waals surface area contributed by atoms with Crippen LogP contribution in [0.15, 0.2) is 47.0 Å². The van der Waals surface area contributed by atoms with Gasteiger partial charge in [-0.1, -0.05) is 11.8 Å². The van der Waals surface area contributed by atoms with Gasteiger partial charge in [-0.3, -0.25) is 4.68 Å². The summed E-state index contributed by atoms with van der Waals surface area (Å²) in [5, 5.41) is 17.0. The van der Waals surface area contributed by atoms with Crippen molar-refractivity contribution in [3.8, 4) is 11.5 Å². The van der Waals surface area contributed by atoms with E-state index < -0.39 is 5.97 Å². The standard InChI is InChI=1S/C17H18N6O4S/c1-25-13-5-4-12(15(8-13)26-2)9-19-23-10-18-20-17(23)28-11-22-7-6-14(21-22)16(24)27-3/h4-10H,11H2,1-3H3/b19-9+. The summed E-state index contributed by atoms with van der Waals surface area (Å²) in [6, 6.07) is 7.03. The molecule has 146 valence electrons. The summed E-state index contributed by atoms with van der Waals surface area (Å²) in [7, 11) is 4.49. The molecule has 0 amide bonds. The minimum atomic E-state index is -0.482. The van der Waals surface area contributed by atoms with Gasteiger partial charge in [-0.15, -0.1) is 10.2 Å². The summed E-state index contributed by atoms with van der Waals surface area (Å²) in [4.78, 5) is 11.5. The molecule has 0 aliphatic rings. The molecule has 10 nitrogen and oxygen atoms in total. The Balaban J connectivity index is 1.69. The second-order valence-corrected chi connectivity index (χ2v) is 6.23. The summed E-state index contributed by atoms with van der Waals surface area (Å²) < 4.78 is 18.3. The summed E-state index contributed by atoms with van der Waals surface area (Å²) >= 11 is 1.36. The fourth-order valence-corrected chi connectivity index (χ4v) is 2.94. The number of ether oxygens (including phenoxy) is 3. The van der Waals surface area contributed by atoms with E-state index in [1.54, 1.807) is 48.1 Å². The van der Waals surface area contributed by atoms with Crippen LogP contribution in [-0.4, -0.2) is 58.2 Å². The van der Waals surface area contributed by atoms with E-state index in [-0.39, 0.29) is 5.69 Å². The Morgan fingerprint density at radius 1 is 1.25 bits per heavy atom. The number of hydrogen-bond donors (Lipinski definition) is 0. The number of rotatable bonds is 8. The van der Waals surface area contributed by atoms with Crippen molar-refractivity contribution in [3.63, 3.8) is 0 Å². The largest absolute Gasteiger partial charge is 0.497 e. The van der Waals surface area contributed by atoms with Crippen molar-refractivity contribution in [2.75, 3.05) is 21.3 Å². The normalized spacial score (nSPS) is 11.0. The zero-order chi connectivity index (χ0) is 19.9. The van der Waals surface area contributed by atoms with Crippen LogP contribution in [0.3, 0.4) is 0 Å². The van der Waals surface area contributed by atoms with Crippen LogP contribution < -0.4 is 9.47 Å². The van der Waals surface area contributed by atoms with Crippen molar-refractivity contribution >= 4 is 23.9 Å². The molecule has 0 aliphatic carbocycles. The van der Waals surface area contributed by atoms with Gasteiger partial charge in [0.1, 0.15) is 17.8 Å². The number of benzene rings is 1. The van der Waals surface area contributed by atoms with Crippen LogP contribution >= 0.6 is 11.8 Å². The van der Waals surface area contributed by atoms with E-state index in [1.165, 1.54) is 25.2 Å². The topological polar surface area (TPSA) is 106 Å². The molecule has 0 atom stereocenters. The van der Waals surface area contributed by atoms with Gasteiger partial charge in [0, 0.05) is 17.8 Å². The predicted octanol–water partition coefficient (Wildman–Crippen LogP) is 1.91. The summed E-state index contributed by atoms with van der Waals surface area (Å²) in [6.45, 7) is 0. The molecule has 0 bridgehead atoms. The molecular weight excluding hydrogens is 384 g/mol. The Labute approximate surface area is 165 Å². The lowest BCUT2D eigenvalue weighted by Gasteiger charge is -2.07. The highest BCUT2D eigenvalue weighted by molar-refractivity contribution is 7.98. The van der Waals surface area contributed by atoms with Gasteiger partial charge in [0.2, 0.25) is 5.16 Å². The molecular formula is C17H18N6O4S. The molecule has 0 radical (unpaired) electrons. The first-order chi connectivity index (χ1) is 13.6. The van der Waals surface area contributed by atoms with Crippen LogP contribution in [0, 0.1) is 0 Å². The van der Waals surface area contributed by atoms with Crippen molar-refractivity contribution in [1.29, 1.82) is 0 Å². The van der Waals surface area contributed by atoms with E-state index in [0.29, 0.717) is 22.5 Å². The molecule has 0 saturated heterocycles. The van der Waals surface area contributed by atoms with E-state index in [1.807, 2.05) is 12.1 Å². The molecule has 2 aromatic heterocycles. The molecule has 3 aromatic rings. The Morgan fingerprint density at radius 2 is 2.11 bits per heavy atom. The van der Waals surface area contributed by atoms with Crippen LogP contribution in [0.25, 0.3) is 0 Å². The molecule has 1 aromatic carbocycles. The maximum absolute atomic E-state index is 11.5. The van der Waals surface area contributed by atoms with Crippen LogP contribution in [-0.2, 0) is 10.6 Å². The molecule has 3 rings (SSSR count). The average molecular weight is 402 g/mol. The number of methoxy groups -OCH3 is 3. The van der Waals surface area contributed by atoms with E-state index in [0.717, 1.165) is 5.56 Å². The van der Waals surface area contributed by atoms with Gasteiger partial charge in [-0.2, -0.15) is 14.9 Å². The van der Waals surface area contributed by atoms with E-state index in [4.69, 9.17) is 9.47 Å². The third-order valence-electron chi connectivity index (χ3n) is 3.62. The second-order valence-electron chi connectivity index (χ2n) is 5.32. The highest BCUT2D eigenvalue weighted by Crippen LogP contribution is 2.23. The maximum atomic E-state index is 11.5. The van der Waals surface area contributed by atoms with E-state index >= 15 is 0 Å². The number of aromatic nitrogens is 5. The number of nitrogens with zero attached hydrogens (tertiary/aromatic N) is 6. The van der Waals surface area contributed by atoms with Crippen LogP contribution in [0.4, 0.5) is 0 Å². The second kappa shape index (κ2) is 9.04. The first-order valence-corrected chi connectivity index (χ1v) is 9.04. The Bertz CT molecular complexity index is 984. The predicted molar refractivity (Wildman–Crippen MR) is 102 cm³/mol. The number of carbonyl (C=O) groups excluding carboxylic acids is 1. The average Bonchev–Trinajstić information content (AvgIpc) is 3.39. The summed E-state index contributed by atoms with van der Waals surface area (Å²) in [5.74, 6) is 1.28. The first-order valence-electron chi connectivity index (χ1n) is 8.05. The minimum absolute atomic E-state index is 0.245. The van der Waals surface area contributed by atoms with Crippen LogP contribution in [0.1, 0.15) is 16.1 Å². The van der Waals surface area contributed by atoms with Crippen molar-refractivity contribution in [1.82, 2.24) is 24.7 Å². The van der Waals surface area contributed by atoms with Gasteiger partial charge in [-0.25, -0.2) is 4.79 Å². The van der Waals surface area contributed by atoms with Crippen LogP contribution in [0.5, 0.6) is 11.5 Å². The lowest BCUT2D eigenvalue weighted by molar-refractivity contribution is 0.0593. The van der Waals surface area contributed by atoms with Crippen LogP contribution in [0.2, 0.25) is 0 Å². The molecule has 11 heteroatoms. The SMILES string of the molecule is COC(=O)c1ccn(CSc2nncn2/N=C/c2ccc(OC)cc2OC)n1. The maximum Gasteiger partial charge on any atom is 0.358 e. The molecule has 0 saturated carbocycles. The summed E-state index contributed by atoms with van der Waals surface area (Å²) in [6.07, 6.45) is 4.83. The first kappa shape index (κ1) is 19.4. The molecule has 0 aliphatic heterocycles. The van der Waals surface area contributed by atoms with Crippen molar-refractivity contribution in [2.45, 2.75) is 11.0 Å². The molecule has 0 N–H and O–H groups in total. The van der Waals surface area contributed by atoms with Crippen molar-refractivity contribution in [2.24, 2.45) is 5.10 Å². The number of esters is 1. The Hall–Kier alpha value is -3.34. The van der Waals surface area contributed by atoms with Gasteiger partial charge >= 0.3 is 5.97 Å². The zero-order valence-corrected chi connectivity index (χ0v) is 16.3. The smallest absolute Gasteiger partial charge is 0.358 e. The fourth-order valence-electron chi connectivity index (χ4n) is 2.21. The Kier molecular flexibility index (Phi) is 6.27. The molecule has 2 heterocycles. The highest BCUT2D eigenvalue weighted by atomic mass is 32.2. The molecule has 28 heavy (non-hydrogen) atoms. The summed E-state index contributed by atoms with van der Waals surface area (Å²) in [5.41, 5.74) is 1.02. The van der Waals surface area contributed by atoms with E-state index in [9.17, 15) is 4.79 Å². The minimum Gasteiger partial charge on any atom is -0.497 e. The van der Waals surface area contributed by atoms with Gasteiger partial charge in [0.15, 0.2) is 5.69 Å². The quantitative estimate of drug-likeness (QED) is 0.320. The molecule has 0 fully saturated rings.